The lowest BCUT2D eigenvalue weighted by Gasteiger charge is -2.29. The van der Waals surface area contributed by atoms with Gasteiger partial charge in [-0.05, 0) is 54.3 Å². The van der Waals surface area contributed by atoms with E-state index in [0.29, 0.717) is 27.5 Å². The number of alkyl halides is 3. The summed E-state index contributed by atoms with van der Waals surface area (Å²) in [6, 6.07) is 13.4. The van der Waals surface area contributed by atoms with Crippen molar-refractivity contribution in [3.05, 3.63) is 105 Å². The molecule has 0 fully saturated rings. The highest BCUT2D eigenvalue weighted by Crippen LogP contribution is 2.44. The molecule has 0 aliphatic carbocycles. The number of benzene rings is 1. The number of halogens is 4. The number of aromatic amines is 1. The van der Waals surface area contributed by atoms with E-state index in [-0.39, 0.29) is 39.2 Å². The quantitative estimate of drug-likeness (QED) is 0.189. The molecule has 0 saturated carbocycles. The van der Waals surface area contributed by atoms with Crippen molar-refractivity contribution in [2.45, 2.75) is 36.6 Å². The van der Waals surface area contributed by atoms with Gasteiger partial charge in [-0.2, -0.15) is 17.5 Å². The second-order valence-electron chi connectivity index (χ2n) is 9.98. The van der Waals surface area contributed by atoms with Crippen LogP contribution < -0.4 is 11.3 Å². The summed E-state index contributed by atoms with van der Waals surface area (Å²) < 4.78 is 70.5. The molecule has 0 aliphatic heterocycles. The molecule has 5 rings (SSSR count). The van der Waals surface area contributed by atoms with Gasteiger partial charge in [0.05, 0.1) is 21.3 Å². The third-order valence-corrected chi connectivity index (χ3v) is 10.6. The number of aromatic nitrogens is 3. The molecule has 9 nitrogen and oxygen atoms in total. The first kappa shape index (κ1) is 31.6. The van der Waals surface area contributed by atoms with Gasteiger partial charge in [0.1, 0.15) is 11.9 Å². The number of nitrogens with two attached hydrogens (primary N) is 1. The van der Waals surface area contributed by atoms with Crippen LogP contribution in [0.4, 0.5) is 19.0 Å². The normalized spacial score (nSPS) is 14.5. The fourth-order valence-corrected chi connectivity index (χ4v) is 7.85. The number of pyridine rings is 3. The highest BCUT2D eigenvalue weighted by Gasteiger charge is 2.51. The van der Waals surface area contributed by atoms with Crippen molar-refractivity contribution in [2.75, 3.05) is 12.3 Å². The van der Waals surface area contributed by atoms with E-state index in [9.17, 15) is 31.5 Å². The van der Waals surface area contributed by atoms with Crippen LogP contribution >= 0.6 is 22.9 Å². The van der Waals surface area contributed by atoms with Crippen molar-refractivity contribution in [1.82, 2.24) is 19.3 Å². The smallest absolute Gasteiger partial charge is 0.384 e. The maximum absolute atomic E-state index is 14.0. The molecule has 0 saturated heterocycles. The lowest BCUT2D eigenvalue weighted by atomic mass is 9.94. The average molecular weight is 664 g/mol. The second kappa shape index (κ2) is 11.6. The molecule has 4 N–H and O–H groups in total. The molecule has 0 spiro atoms. The summed E-state index contributed by atoms with van der Waals surface area (Å²) in [7, 11) is -4.24. The number of hydrogen-bond donors (Lipinski definition) is 3. The van der Waals surface area contributed by atoms with Crippen LogP contribution in [-0.4, -0.2) is 45.5 Å². The number of nitrogens with one attached hydrogen (secondary N) is 1. The molecular formula is C29H25ClF3N5O4S2. The molecule has 0 aliphatic rings. The summed E-state index contributed by atoms with van der Waals surface area (Å²) in [5.74, 6) is 0.103. The van der Waals surface area contributed by atoms with Crippen molar-refractivity contribution < 1.29 is 26.7 Å². The summed E-state index contributed by atoms with van der Waals surface area (Å²) >= 11 is 7.76. The van der Waals surface area contributed by atoms with E-state index in [0.717, 1.165) is 18.3 Å². The molecule has 5 aromatic rings. The molecule has 4 aromatic heterocycles. The van der Waals surface area contributed by atoms with E-state index in [1.165, 1.54) is 46.1 Å². The third-order valence-electron chi connectivity index (χ3n) is 7.10. The van der Waals surface area contributed by atoms with Crippen LogP contribution in [0.25, 0.3) is 21.3 Å². The Morgan fingerprint density at radius 2 is 1.89 bits per heavy atom. The Labute approximate surface area is 258 Å². The van der Waals surface area contributed by atoms with E-state index < -0.39 is 33.4 Å². The van der Waals surface area contributed by atoms with Gasteiger partial charge >= 0.3 is 6.18 Å². The summed E-state index contributed by atoms with van der Waals surface area (Å²) in [6.07, 6.45) is -2.64. The van der Waals surface area contributed by atoms with Gasteiger partial charge in [-0.25, -0.2) is 13.4 Å². The minimum atomic E-state index is -4.92. The molecule has 1 aromatic carbocycles. The number of rotatable bonds is 8. The van der Waals surface area contributed by atoms with Crippen LogP contribution in [0.15, 0.2) is 82.7 Å². The van der Waals surface area contributed by atoms with Crippen molar-refractivity contribution in [3.8, 4) is 11.3 Å². The van der Waals surface area contributed by atoms with E-state index in [1.807, 2.05) is 0 Å². The second-order valence-corrected chi connectivity index (χ2v) is 13.4. The van der Waals surface area contributed by atoms with Gasteiger partial charge in [-0.1, -0.05) is 36.7 Å². The lowest BCUT2D eigenvalue weighted by Crippen LogP contribution is -2.39. The van der Waals surface area contributed by atoms with Gasteiger partial charge in [0.2, 0.25) is 15.6 Å². The van der Waals surface area contributed by atoms with Crippen molar-refractivity contribution >= 4 is 48.9 Å². The molecule has 230 valence electrons. The van der Waals surface area contributed by atoms with E-state index >= 15 is 0 Å². The number of hydrogen-bond acceptors (Lipinski definition) is 8. The Morgan fingerprint density at radius 3 is 2.55 bits per heavy atom. The number of nitrogen functional groups attached to an aromatic ring is 1. The van der Waals surface area contributed by atoms with Crippen molar-refractivity contribution in [2.24, 2.45) is 0 Å². The zero-order valence-electron chi connectivity index (χ0n) is 23.1. The molecule has 4 heterocycles. The largest absolute Gasteiger partial charge is 0.421 e. The number of anilines is 1. The maximum Gasteiger partial charge on any atom is 0.421 e. The average Bonchev–Trinajstić information content (AvgIpc) is 3.41. The number of sulfonamides is 1. The molecule has 2 atom stereocenters. The zero-order valence-corrected chi connectivity index (χ0v) is 25.5. The predicted octanol–water partition coefficient (Wildman–Crippen LogP) is 5.85. The SMILES string of the molecule is CCN([C@@H](c1cc2cccc(-c3cc([C@](C)(O)C(F)(F)F)ccn3)c2s1)c1nc(N)ccc1Cl)S(=O)(=O)c1ccc(=O)[nH]c1. The molecule has 44 heavy (non-hydrogen) atoms. The number of thiophene rings is 1. The van der Waals surface area contributed by atoms with Crippen LogP contribution in [0.1, 0.15) is 36.0 Å². The van der Waals surface area contributed by atoms with Crippen molar-refractivity contribution in [3.63, 3.8) is 0 Å². The summed E-state index contributed by atoms with van der Waals surface area (Å²) in [5.41, 5.74) is 2.82. The standard InChI is InChI=1S/C29H25ClF3N5O4S2/c1-3-38(44(41,42)18-7-10-24(39)36-15-18)26(25-20(30)8-9-23(34)37-25)22-13-16-5-4-6-19(27(16)43-22)21-14-17(11-12-35-21)28(2,40)29(31,32)33/h4-15,26,40H,3H2,1-2H3,(H2,34,37)(H,36,39)/t26-,28-/m0/s1. The lowest BCUT2D eigenvalue weighted by molar-refractivity contribution is -0.258. The highest BCUT2D eigenvalue weighted by atomic mass is 35.5. The maximum atomic E-state index is 14.0. The Hall–Kier alpha value is -3.82. The van der Waals surface area contributed by atoms with Gasteiger partial charge in [0, 0.05) is 40.1 Å². The summed E-state index contributed by atoms with van der Waals surface area (Å²) in [4.78, 5) is 23.0. The van der Waals surface area contributed by atoms with Gasteiger partial charge in [0.15, 0.2) is 5.60 Å². The zero-order chi connectivity index (χ0) is 32.0. The van der Waals surface area contributed by atoms with Gasteiger partial charge in [-0.3, -0.25) is 9.78 Å². The topological polar surface area (TPSA) is 142 Å². The fourth-order valence-electron chi connectivity index (χ4n) is 4.73. The Morgan fingerprint density at radius 1 is 1.14 bits per heavy atom. The predicted molar refractivity (Wildman–Crippen MR) is 163 cm³/mol. The fraction of sp³-hybridized carbons (Fsp3) is 0.207. The van der Waals surface area contributed by atoms with Crippen LogP contribution in [0, 0.1) is 0 Å². The molecular weight excluding hydrogens is 639 g/mol. The Balaban J connectivity index is 1.71. The highest BCUT2D eigenvalue weighted by molar-refractivity contribution is 7.89. The Bertz CT molecular complexity index is 2010. The molecule has 0 radical (unpaired) electrons. The first-order valence-corrected chi connectivity index (χ1v) is 15.7. The van der Waals surface area contributed by atoms with Crippen LogP contribution in [0.5, 0.6) is 0 Å². The molecule has 15 heteroatoms. The summed E-state index contributed by atoms with van der Waals surface area (Å²) in [5, 5.41) is 11.1. The molecule has 0 amide bonds. The van der Waals surface area contributed by atoms with E-state index in [2.05, 4.69) is 15.0 Å². The van der Waals surface area contributed by atoms with Gasteiger partial charge < -0.3 is 15.8 Å². The van der Waals surface area contributed by atoms with E-state index in [4.69, 9.17) is 17.3 Å². The van der Waals surface area contributed by atoms with Crippen molar-refractivity contribution in [1.29, 1.82) is 0 Å². The minimum Gasteiger partial charge on any atom is -0.384 e. The van der Waals surface area contributed by atoms with Crippen LogP contribution in [-0.2, 0) is 15.6 Å². The van der Waals surface area contributed by atoms with E-state index in [1.54, 1.807) is 31.2 Å². The minimum absolute atomic E-state index is 0.0316. The van der Waals surface area contributed by atoms with Crippen LogP contribution in [0.3, 0.4) is 0 Å². The Kier molecular flexibility index (Phi) is 8.33. The molecule has 0 unspecified atom stereocenters. The number of fused-ring (bicyclic) bond motifs is 1. The first-order valence-electron chi connectivity index (χ1n) is 13.1. The molecule has 0 bridgehead atoms. The summed E-state index contributed by atoms with van der Waals surface area (Å²) in [6.45, 7) is 2.28. The monoisotopic (exact) mass is 663 g/mol. The van der Waals surface area contributed by atoms with Gasteiger partial charge in [-0.15, -0.1) is 11.3 Å². The van der Waals surface area contributed by atoms with Gasteiger partial charge in [0.25, 0.3) is 0 Å². The first-order chi connectivity index (χ1) is 20.6. The third kappa shape index (κ3) is 5.71. The number of aliphatic hydroxyl groups is 1. The number of H-pyrrole nitrogens is 1. The number of nitrogens with zero attached hydrogens (tertiary/aromatic N) is 3. The van der Waals surface area contributed by atoms with Crippen LogP contribution in [0.2, 0.25) is 5.02 Å².